The lowest BCUT2D eigenvalue weighted by molar-refractivity contribution is -0.137. The number of ether oxygens (including phenoxy) is 1. The predicted molar refractivity (Wildman–Crippen MR) is 101 cm³/mol. The number of para-hydroxylation sites is 3. The number of halogens is 3. The first-order chi connectivity index (χ1) is 13.8. The fourth-order valence-corrected chi connectivity index (χ4v) is 3.14. The number of amides is 2. The minimum atomic E-state index is -4.56. The Morgan fingerprint density at radius 2 is 1.86 bits per heavy atom. The Balaban J connectivity index is 1.68. The van der Waals surface area contributed by atoms with Crippen LogP contribution >= 0.6 is 0 Å². The molecule has 0 aliphatic carbocycles. The van der Waals surface area contributed by atoms with E-state index in [1.165, 1.54) is 23.1 Å². The molecule has 1 unspecified atom stereocenters. The molecule has 2 amide bonds. The molecule has 3 rings (SSSR count). The van der Waals surface area contributed by atoms with Gasteiger partial charge in [0.2, 0.25) is 11.8 Å². The molecule has 0 bridgehead atoms. The largest absolute Gasteiger partial charge is 0.492 e. The summed E-state index contributed by atoms with van der Waals surface area (Å²) in [5.41, 5.74) is 4.01. The summed E-state index contributed by atoms with van der Waals surface area (Å²) in [5.74, 6) is -0.996. The van der Waals surface area contributed by atoms with Gasteiger partial charge in [-0.05, 0) is 31.2 Å². The van der Waals surface area contributed by atoms with Crippen LogP contribution in [-0.2, 0) is 15.8 Å². The molecule has 0 aromatic heterocycles. The summed E-state index contributed by atoms with van der Waals surface area (Å²) in [6.45, 7) is 2.35. The second kappa shape index (κ2) is 8.42. The van der Waals surface area contributed by atoms with Crippen LogP contribution < -0.4 is 20.5 Å². The second-order valence-electron chi connectivity index (χ2n) is 6.46. The molecule has 2 aromatic rings. The molecule has 2 aromatic carbocycles. The zero-order valence-corrected chi connectivity index (χ0v) is 15.6. The quantitative estimate of drug-likeness (QED) is 0.718. The molecule has 29 heavy (non-hydrogen) atoms. The average Bonchev–Trinajstić information content (AvgIpc) is 3.08. The SMILES string of the molecule is CCOc1ccccc1N1CC(C(=O)NNc2ccccc2C(F)(F)F)CC1=O. The van der Waals surface area contributed by atoms with Gasteiger partial charge in [-0.1, -0.05) is 24.3 Å². The predicted octanol–water partition coefficient (Wildman–Crippen LogP) is 3.60. The number of nitrogens with zero attached hydrogens (tertiary/aromatic N) is 1. The van der Waals surface area contributed by atoms with Crippen LogP contribution in [0, 0.1) is 5.92 Å². The lowest BCUT2D eigenvalue weighted by atomic mass is 10.1. The molecule has 1 heterocycles. The van der Waals surface area contributed by atoms with Gasteiger partial charge in [0.25, 0.3) is 0 Å². The lowest BCUT2D eigenvalue weighted by Crippen LogP contribution is -2.37. The summed E-state index contributed by atoms with van der Waals surface area (Å²) >= 11 is 0. The van der Waals surface area contributed by atoms with Crippen LogP contribution in [0.4, 0.5) is 24.5 Å². The molecule has 1 fully saturated rings. The van der Waals surface area contributed by atoms with Crippen molar-refractivity contribution in [3.8, 4) is 5.75 Å². The van der Waals surface area contributed by atoms with E-state index in [-0.39, 0.29) is 24.6 Å². The Kier molecular flexibility index (Phi) is 5.95. The van der Waals surface area contributed by atoms with Crippen molar-refractivity contribution < 1.29 is 27.5 Å². The van der Waals surface area contributed by atoms with Gasteiger partial charge in [0.1, 0.15) is 5.75 Å². The molecule has 0 spiro atoms. The molecule has 1 saturated heterocycles. The Morgan fingerprint density at radius 3 is 2.59 bits per heavy atom. The topological polar surface area (TPSA) is 70.7 Å². The molecule has 6 nitrogen and oxygen atoms in total. The van der Waals surface area contributed by atoms with E-state index >= 15 is 0 Å². The molecule has 2 N–H and O–H groups in total. The summed E-state index contributed by atoms with van der Waals surface area (Å²) in [6.07, 6.45) is -4.60. The first-order valence-corrected chi connectivity index (χ1v) is 9.05. The van der Waals surface area contributed by atoms with E-state index in [4.69, 9.17) is 4.74 Å². The minimum absolute atomic E-state index is 0.0467. The van der Waals surface area contributed by atoms with Crippen LogP contribution in [0.25, 0.3) is 0 Å². The molecule has 0 radical (unpaired) electrons. The zero-order chi connectivity index (χ0) is 21.0. The van der Waals surface area contributed by atoms with Crippen LogP contribution in [0.2, 0.25) is 0 Å². The van der Waals surface area contributed by atoms with Gasteiger partial charge in [0.05, 0.1) is 29.5 Å². The van der Waals surface area contributed by atoms with Gasteiger partial charge >= 0.3 is 6.18 Å². The van der Waals surface area contributed by atoms with Crippen molar-refractivity contribution >= 4 is 23.2 Å². The van der Waals surface area contributed by atoms with E-state index in [0.717, 1.165) is 6.07 Å². The summed E-state index contributed by atoms with van der Waals surface area (Å²) in [4.78, 5) is 26.3. The fourth-order valence-electron chi connectivity index (χ4n) is 3.14. The van der Waals surface area contributed by atoms with Gasteiger partial charge in [-0.15, -0.1) is 0 Å². The van der Waals surface area contributed by atoms with Crippen LogP contribution in [-0.4, -0.2) is 25.0 Å². The molecular formula is C20H20F3N3O3. The van der Waals surface area contributed by atoms with E-state index in [1.807, 2.05) is 6.92 Å². The number of hydrogen-bond acceptors (Lipinski definition) is 4. The number of nitrogens with one attached hydrogen (secondary N) is 2. The summed E-state index contributed by atoms with van der Waals surface area (Å²) in [6, 6.07) is 11.8. The third kappa shape index (κ3) is 4.61. The zero-order valence-electron chi connectivity index (χ0n) is 15.6. The van der Waals surface area contributed by atoms with E-state index < -0.39 is 23.6 Å². The first kappa shape index (κ1) is 20.5. The maximum absolute atomic E-state index is 13.0. The number of carbonyl (C=O) groups excluding carboxylic acids is 2. The Hall–Kier alpha value is -3.23. The third-order valence-electron chi connectivity index (χ3n) is 4.50. The van der Waals surface area contributed by atoms with Crippen LogP contribution in [0.1, 0.15) is 18.9 Å². The van der Waals surface area contributed by atoms with Crippen molar-refractivity contribution in [2.75, 3.05) is 23.5 Å². The van der Waals surface area contributed by atoms with Crippen LogP contribution in [0.15, 0.2) is 48.5 Å². The third-order valence-corrected chi connectivity index (χ3v) is 4.50. The minimum Gasteiger partial charge on any atom is -0.492 e. The van der Waals surface area contributed by atoms with Crippen molar-refractivity contribution in [3.63, 3.8) is 0 Å². The van der Waals surface area contributed by atoms with Crippen LogP contribution in [0.3, 0.4) is 0 Å². The Morgan fingerprint density at radius 1 is 1.17 bits per heavy atom. The van der Waals surface area contributed by atoms with Crippen molar-refractivity contribution in [2.24, 2.45) is 5.92 Å². The maximum atomic E-state index is 13.0. The molecule has 1 aliphatic heterocycles. The van der Waals surface area contributed by atoms with E-state index in [9.17, 15) is 22.8 Å². The summed E-state index contributed by atoms with van der Waals surface area (Å²) in [7, 11) is 0. The van der Waals surface area contributed by atoms with Crippen LogP contribution in [0.5, 0.6) is 5.75 Å². The second-order valence-corrected chi connectivity index (χ2v) is 6.46. The monoisotopic (exact) mass is 407 g/mol. The maximum Gasteiger partial charge on any atom is 0.418 e. The normalized spacial score (nSPS) is 16.6. The van der Waals surface area contributed by atoms with Crippen molar-refractivity contribution in [3.05, 3.63) is 54.1 Å². The van der Waals surface area contributed by atoms with Crippen molar-refractivity contribution in [1.29, 1.82) is 0 Å². The van der Waals surface area contributed by atoms with E-state index in [1.54, 1.807) is 24.3 Å². The Labute approximate surface area is 165 Å². The number of hydrazine groups is 1. The highest BCUT2D eigenvalue weighted by atomic mass is 19.4. The lowest BCUT2D eigenvalue weighted by Gasteiger charge is -2.20. The molecule has 1 atom stereocenters. The highest BCUT2D eigenvalue weighted by Crippen LogP contribution is 2.35. The van der Waals surface area contributed by atoms with Gasteiger partial charge in [-0.2, -0.15) is 13.2 Å². The molecule has 154 valence electrons. The number of benzene rings is 2. The van der Waals surface area contributed by atoms with Gasteiger partial charge in [0.15, 0.2) is 0 Å². The number of hydrogen-bond donors (Lipinski definition) is 2. The number of rotatable bonds is 6. The summed E-state index contributed by atoms with van der Waals surface area (Å²) in [5, 5.41) is 0. The van der Waals surface area contributed by atoms with Gasteiger partial charge in [0, 0.05) is 13.0 Å². The average molecular weight is 407 g/mol. The van der Waals surface area contributed by atoms with Gasteiger partial charge < -0.3 is 9.64 Å². The van der Waals surface area contributed by atoms with Crippen molar-refractivity contribution in [1.82, 2.24) is 5.43 Å². The fraction of sp³-hybridized carbons (Fsp3) is 0.300. The van der Waals surface area contributed by atoms with Gasteiger partial charge in [-0.3, -0.25) is 20.4 Å². The molecule has 1 aliphatic rings. The molecule has 0 saturated carbocycles. The van der Waals surface area contributed by atoms with E-state index in [0.29, 0.717) is 18.0 Å². The first-order valence-electron chi connectivity index (χ1n) is 9.05. The number of carbonyl (C=O) groups is 2. The highest BCUT2D eigenvalue weighted by molar-refractivity contribution is 6.01. The number of alkyl halides is 3. The van der Waals surface area contributed by atoms with Gasteiger partial charge in [-0.25, -0.2) is 0 Å². The highest BCUT2D eigenvalue weighted by Gasteiger charge is 2.37. The number of anilines is 2. The van der Waals surface area contributed by atoms with E-state index in [2.05, 4.69) is 10.9 Å². The Bertz CT molecular complexity index is 902. The standard InChI is InChI=1S/C20H20F3N3O3/c1-2-29-17-10-6-5-9-16(17)26-12-13(11-18(26)27)19(28)25-24-15-8-4-3-7-14(15)20(21,22)23/h3-10,13,24H,2,11-12H2,1H3,(H,25,28). The summed E-state index contributed by atoms with van der Waals surface area (Å²) < 4.78 is 44.7. The molecule has 9 heteroatoms. The smallest absolute Gasteiger partial charge is 0.418 e. The van der Waals surface area contributed by atoms with Crippen molar-refractivity contribution in [2.45, 2.75) is 19.5 Å². The molecular weight excluding hydrogens is 387 g/mol.